The molecule has 5 nitrogen and oxygen atoms in total. The highest BCUT2D eigenvalue weighted by Gasteiger charge is 2.23. The van der Waals surface area contributed by atoms with Crippen LogP contribution in [0, 0.1) is 12.8 Å². The maximum atomic E-state index is 12.4. The number of thiophene rings is 1. The van der Waals surface area contributed by atoms with Gasteiger partial charge in [-0.3, -0.25) is 4.79 Å². The first-order valence-corrected chi connectivity index (χ1v) is 12.2. The van der Waals surface area contributed by atoms with E-state index in [4.69, 9.17) is 0 Å². The van der Waals surface area contributed by atoms with E-state index in [9.17, 15) is 13.2 Å². The molecule has 1 aliphatic heterocycles. The lowest BCUT2D eigenvalue weighted by atomic mass is 9.90. The Hall–Kier alpha value is -1.70. The van der Waals surface area contributed by atoms with Gasteiger partial charge in [-0.1, -0.05) is 35.9 Å². The SMILES string of the molecule is Cc1ccc(CCC2CCN(C(=O)CCNS(=O)(=O)c3cccs3)CC2)cc1. The number of hydrogen-bond acceptors (Lipinski definition) is 4. The standard InChI is InChI=1S/C21H28N2O3S2/c1-17-4-6-18(7-5-17)8-9-19-11-14-23(15-12-19)20(24)10-13-22-28(25,26)21-3-2-16-27-21/h2-7,16,19,22H,8-15H2,1H3. The van der Waals surface area contributed by atoms with E-state index in [1.165, 1.54) is 22.5 Å². The number of sulfonamides is 1. The summed E-state index contributed by atoms with van der Waals surface area (Å²) in [5, 5.41) is 1.72. The number of hydrogen-bond donors (Lipinski definition) is 1. The molecule has 0 atom stereocenters. The molecule has 0 saturated carbocycles. The van der Waals surface area contributed by atoms with Crippen LogP contribution in [0.15, 0.2) is 46.0 Å². The predicted molar refractivity (Wildman–Crippen MR) is 113 cm³/mol. The summed E-state index contributed by atoms with van der Waals surface area (Å²) in [4.78, 5) is 14.3. The van der Waals surface area contributed by atoms with Crippen LogP contribution in [0.3, 0.4) is 0 Å². The summed E-state index contributed by atoms with van der Waals surface area (Å²) >= 11 is 1.17. The van der Waals surface area contributed by atoms with Gasteiger partial charge in [-0.05, 0) is 55.5 Å². The van der Waals surface area contributed by atoms with Gasteiger partial charge in [-0.25, -0.2) is 13.1 Å². The molecule has 2 aromatic rings. The molecule has 0 radical (unpaired) electrons. The number of amides is 1. The van der Waals surface area contributed by atoms with Gasteiger partial charge in [0, 0.05) is 26.1 Å². The Labute approximate surface area is 171 Å². The van der Waals surface area contributed by atoms with Crippen LogP contribution in [0.5, 0.6) is 0 Å². The first kappa shape index (κ1) is 21.0. The van der Waals surface area contributed by atoms with E-state index in [-0.39, 0.29) is 23.1 Å². The van der Waals surface area contributed by atoms with Crippen LogP contribution < -0.4 is 4.72 Å². The Morgan fingerprint density at radius 2 is 1.89 bits per heavy atom. The molecule has 152 valence electrons. The third-order valence-corrected chi connectivity index (χ3v) is 8.18. The monoisotopic (exact) mass is 420 g/mol. The second-order valence-electron chi connectivity index (χ2n) is 7.43. The van der Waals surface area contributed by atoms with E-state index >= 15 is 0 Å². The summed E-state index contributed by atoms with van der Waals surface area (Å²) < 4.78 is 27.0. The molecule has 28 heavy (non-hydrogen) atoms. The van der Waals surface area contributed by atoms with Gasteiger partial charge in [0.05, 0.1) is 0 Å². The molecule has 1 aliphatic rings. The molecule has 1 amide bonds. The van der Waals surface area contributed by atoms with Crippen molar-refractivity contribution >= 4 is 27.3 Å². The van der Waals surface area contributed by atoms with Crippen molar-refractivity contribution in [2.24, 2.45) is 5.92 Å². The van der Waals surface area contributed by atoms with Crippen LogP contribution in [0.25, 0.3) is 0 Å². The topological polar surface area (TPSA) is 66.5 Å². The number of aryl methyl sites for hydroxylation is 2. The lowest BCUT2D eigenvalue weighted by Crippen LogP contribution is -2.40. The molecule has 1 N–H and O–H groups in total. The Morgan fingerprint density at radius 3 is 2.54 bits per heavy atom. The van der Waals surface area contributed by atoms with E-state index < -0.39 is 10.0 Å². The Bertz CT molecular complexity index is 854. The molecule has 1 saturated heterocycles. The highest BCUT2D eigenvalue weighted by atomic mass is 32.2. The highest BCUT2D eigenvalue weighted by Crippen LogP contribution is 2.23. The highest BCUT2D eigenvalue weighted by molar-refractivity contribution is 7.91. The van der Waals surface area contributed by atoms with Crippen molar-refractivity contribution < 1.29 is 13.2 Å². The Balaban J connectivity index is 1.36. The molecule has 1 aromatic heterocycles. The van der Waals surface area contributed by atoms with Crippen molar-refractivity contribution in [1.82, 2.24) is 9.62 Å². The number of carbonyl (C=O) groups is 1. The lowest BCUT2D eigenvalue weighted by Gasteiger charge is -2.32. The first-order chi connectivity index (χ1) is 13.4. The molecule has 1 aromatic carbocycles. The Morgan fingerprint density at radius 1 is 1.18 bits per heavy atom. The fraction of sp³-hybridized carbons (Fsp3) is 0.476. The van der Waals surface area contributed by atoms with Gasteiger partial charge in [0.1, 0.15) is 4.21 Å². The van der Waals surface area contributed by atoms with Crippen molar-refractivity contribution in [2.75, 3.05) is 19.6 Å². The van der Waals surface area contributed by atoms with Crippen molar-refractivity contribution in [3.63, 3.8) is 0 Å². The second kappa shape index (κ2) is 9.67. The number of carbonyl (C=O) groups excluding carboxylic acids is 1. The van der Waals surface area contributed by atoms with E-state index in [0.29, 0.717) is 5.92 Å². The minimum atomic E-state index is -3.49. The van der Waals surface area contributed by atoms with Gasteiger partial charge in [0.15, 0.2) is 0 Å². The normalized spacial score (nSPS) is 15.7. The summed E-state index contributed by atoms with van der Waals surface area (Å²) in [7, 11) is -3.49. The van der Waals surface area contributed by atoms with Crippen LogP contribution in [0.1, 0.15) is 36.8 Å². The predicted octanol–water partition coefficient (Wildman–Crippen LogP) is 3.60. The third-order valence-electron chi connectivity index (χ3n) is 5.32. The van der Waals surface area contributed by atoms with Crippen LogP contribution in [0.2, 0.25) is 0 Å². The lowest BCUT2D eigenvalue weighted by molar-refractivity contribution is -0.132. The molecule has 0 aliphatic carbocycles. The molecule has 2 heterocycles. The van der Waals surface area contributed by atoms with E-state index in [1.807, 2.05) is 4.90 Å². The van der Waals surface area contributed by atoms with Crippen LogP contribution in [-0.4, -0.2) is 38.9 Å². The average molecular weight is 421 g/mol. The summed E-state index contributed by atoms with van der Waals surface area (Å²) in [5.41, 5.74) is 2.66. The van der Waals surface area contributed by atoms with Crippen molar-refractivity contribution in [2.45, 2.75) is 43.2 Å². The molecule has 0 bridgehead atoms. The Kier molecular flexibility index (Phi) is 7.26. The molecule has 1 fully saturated rings. The van der Waals surface area contributed by atoms with E-state index in [0.717, 1.165) is 38.8 Å². The van der Waals surface area contributed by atoms with Gasteiger partial charge >= 0.3 is 0 Å². The third kappa shape index (κ3) is 5.90. The number of likely N-dealkylation sites (tertiary alicyclic amines) is 1. The van der Waals surface area contributed by atoms with Crippen LogP contribution >= 0.6 is 11.3 Å². The van der Waals surface area contributed by atoms with Gasteiger partial charge < -0.3 is 4.90 Å². The summed E-state index contributed by atoms with van der Waals surface area (Å²) in [6.45, 7) is 3.79. The van der Waals surface area contributed by atoms with Gasteiger partial charge in [-0.2, -0.15) is 0 Å². The van der Waals surface area contributed by atoms with Crippen LogP contribution in [-0.2, 0) is 21.2 Å². The summed E-state index contributed by atoms with van der Waals surface area (Å²) in [5.74, 6) is 0.688. The number of rotatable bonds is 8. The minimum absolute atomic E-state index is 0.0332. The molecule has 0 spiro atoms. The number of benzene rings is 1. The molecule has 0 unspecified atom stereocenters. The molecular formula is C21H28N2O3S2. The average Bonchev–Trinajstić information content (AvgIpc) is 3.24. The maximum absolute atomic E-state index is 12.4. The first-order valence-electron chi connectivity index (χ1n) is 9.80. The fourth-order valence-electron chi connectivity index (χ4n) is 3.53. The zero-order valence-electron chi connectivity index (χ0n) is 16.3. The summed E-state index contributed by atoms with van der Waals surface area (Å²) in [6, 6.07) is 12.0. The largest absolute Gasteiger partial charge is 0.343 e. The molecule has 7 heteroatoms. The fourth-order valence-corrected chi connectivity index (χ4v) is 5.60. The zero-order valence-corrected chi connectivity index (χ0v) is 17.9. The number of nitrogens with zero attached hydrogens (tertiary/aromatic N) is 1. The smallest absolute Gasteiger partial charge is 0.250 e. The quantitative estimate of drug-likeness (QED) is 0.710. The van der Waals surface area contributed by atoms with E-state index in [1.54, 1.807) is 17.5 Å². The van der Waals surface area contributed by atoms with Crippen molar-refractivity contribution in [3.8, 4) is 0 Å². The van der Waals surface area contributed by atoms with Crippen molar-refractivity contribution in [1.29, 1.82) is 0 Å². The van der Waals surface area contributed by atoms with E-state index in [2.05, 4.69) is 35.9 Å². The molecular weight excluding hydrogens is 392 g/mol. The number of nitrogens with one attached hydrogen (secondary N) is 1. The minimum Gasteiger partial charge on any atom is -0.343 e. The molecule has 3 rings (SSSR count). The van der Waals surface area contributed by atoms with Gasteiger partial charge in [-0.15, -0.1) is 11.3 Å². The second-order valence-corrected chi connectivity index (χ2v) is 10.4. The summed E-state index contributed by atoms with van der Waals surface area (Å²) in [6.07, 6.45) is 4.50. The maximum Gasteiger partial charge on any atom is 0.250 e. The van der Waals surface area contributed by atoms with Crippen LogP contribution in [0.4, 0.5) is 0 Å². The van der Waals surface area contributed by atoms with Gasteiger partial charge in [0.25, 0.3) is 0 Å². The van der Waals surface area contributed by atoms with Gasteiger partial charge in [0.2, 0.25) is 15.9 Å². The number of piperidine rings is 1. The zero-order chi connectivity index (χ0) is 20.0. The van der Waals surface area contributed by atoms with Crippen molar-refractivity contribution in [3.05, 3.63) is 52.9 Å².